The molecule has 0 radical (unpaired) electrons. The van der Waals surface area contributed by atoms with Crippen molar-refractivity contribution in [3.63, 3.8) is 0 Å². The molecule has 1 aliphatic rings. The topological polar surface area (TPSA) is 51.0 Å². The van der Waals surface area contributed by atoms with Crippen LogP contribution in [0.3, 0.4) is 0 Å². The van der Waals surface area contributed by atoms with Gasteiger partial charge in [0.2, 0.25) is 0 Å². The van der Waals surface area contributed by atoms with Crippen molar-refractivity contribution in [2.24, 2.45) is 10.2 Å². The Kier molecular flexibility index (Phi) is 3.45. The maximum absolute atomic E-state index is 13.2. The Labute approximate surface area is 102 Å². The van der Waals surface area contributed by atoms with Gasteiger partial charge in [-0.2, -0.15) is 10.2 Å². The minimum Gasteiger partial charge on any atom is -0.327 e. The van der Waals surface area contributed by atoms with Crippen LogP contribution in [0.15, 0.2) is 40.6 Å². The second-order valence-electron chi connectivity index (χ2n) is 4.12. The number of benzene rings is 1. The van der Waals surface area contributed by atoms with E-state index in [1.54, 1.807) is 0 Å². The summed E-state index contributed by atoms with van der Waals surface area (Å²) in [4.78, 5) is 0. The molecule has 5 heteroatoms. The lowest BCUT2D eigenvalue weighted by Crippen LogP contribution is -2.29. The lowest BCUT2D eigenvalue weighted by molar-refractivity contribution is 0.363. The van der Waals surface area contributed by atoms with Crippen LogP contribution in [-0.2, 0) is 9.09 Å². The van der Waals surface area contributed by atoms with Crippen LogP contribution >= 0.6 is 7.37 Å². The number of hydrogen-bond donors (Lipinski definition) is 0. The standard InChI is InChI=1S/C12H17N2O2P/c1-3-12(9-10-13-14-12)17(15,16-2)11-7-5-4-6-8-11/h4-8H,3,9-10H2,1-2H3. The molecule has 92 valence electrons. The molecule has 1 aromatic rings. The van der Waals surface area contributed by atoms with E-state index in [1.165, 1.54) is 7.11 Å². The van der Waals surface area contributed by atoms with Crippen molar-refractivity contribution in [3.8, 4) is 0 Å². The molecule has 1 heterocycles. The van der Waals surface area contributed by atoms with Gasteiger partial charge in [0.05, 0.1) is 6.54 Å². The number of rotatable bonds is 4. The first-order chi connectivity index (χ1) is 8.18. The Balaban J connectivity index is 2.51. The van der Waals surface area contributed by atoms with Crippen LogP contribution in [0, 0.1) is 0 Å². The highest BCUT2D eigenvalue weighted by atomic mass is 31.2. The largest absolute Gasteiger partial charge is 0.327 e. The molecule has 0 fully saturated rings. The van der Waals surface area contributed by atoms with Gasteiger partial charge in [0.25, 0.3) is 7.37 Å². The molecule has 2 unspecified atom stereocenters. The van der Waals surface area contributed by atoms with Gasteiger partial charge in [-0.3, -0.25) is 4.57 Å². The van der Waals surface area contributed by atoms with E-state index in [1.807, 2.05) is 37.3 Å². The second kappa shape index (κ2) is 4.71. The van der Waals surface area contributed by atoms with E-state index in [0.29, 0.717) is 19.4 Å². The molecule has 0 aromatic heterocycles. The molecule has 0 aliphatic carbocycles. The second-order valence-corrected chi connectivity index (χ2v) is 6.94. The van der Waals surface area contributed by atoms with E-state index < -0.39 is 12.6 Å². The van der Waals surface area contributed by atoms with Gasteiger partial charge in [-0.15, -0.1) is 0 Å². The highest BCUT2D eigenvalue weighted by molar-refractivity contribution is 7.68. The van der Waals surface area contributed by atoms with Crippen LogP contribution in [0.4, 0.5) is 0 Å². The zero-order valence-electron chi connectivity index (χ0n) is 10.2. The molecule has 17 heavy (non-hydrogen) atoms. The predicted molar refractivity (Wildman–Crippen MR) is 68.1 cm³/mol. The van der Waals surface area contributed by atoms with Crippen LogP contribution in [0.25, 0.3) is 0 Å². The summed E-state index contributed by atoms with van der Waals surface area (Å²) in [7, 11) is -1.49. The first-order valence-electron chi connectivity index (χ1n) is 5.79. The predicted octanol–water partition coefficient (Wildman–Crippen LogP) is 3.20. The summed E-state index contributed by atoms with van der Waals surface area (Å²) in [6.45, 7) is 2.62. The fraction of sp³-hybridized carbons (Fsp3) is 0.500. The maximum Gasteiger partial charge on any atom is 0.260 e. The van der Waals surface area contributed by atoms with Crippen LogP contribution < -0.4 is 5.30 Å². The summed E-state index contributed by atoms with van der Waals surface area (Å²) < 4.78 is 18.6. The fourth-order valence-electron chi connectivity index (χ4n) is 2.26. The van der Waals surface area contributed by atoms with Crippen molar-refractivity contribution in [1.29, 1.82) is 0 Å². The molecule has 4 nitrogen and oxygen atoms in total. The van der Waals surface area contributed by atoms with Crippen molar-refractivity contribution >= 4 is 12.7 Å². The Bertz CT molecular complexity index is 461. The summed E-state index contributed by atoms with van der Waals surface area (Å²) in [5, 5.41) is 8.33. The molecule has 0 amide bonds. The summed E-state index contributed by atoms with van der Waals surface area (Å²) in [6, 6.07) is 9.33. The van der Waals surface area contributed by atoms with Gasteiger partial charge in [-0.25, -0.2) is 0 Å². The third-order valence-electron chi connectivity index (χ3n) is 3.34. The molecular weight excluding hydrogens is 235 g/mol. The highest BCUT2D eigenvalue weighted by Gasteiger charge is 2.50. The molecular formula is C12H17N2O2P. The zero-order valence-corrected chi connectivity index (χ0v) is 11.1. The Morgan fingerprint density at radius 1 is 1.41 bits per heavy atom. The van der Waals surface area contributed by atoms with Crippen molar-refractivity contribution < 1.29 is 9.09 Å². The zero-order chi connectivity index (χ0) is 12.4. The average molecular weight is 252 g/mol. The van der Waals surface area contributed by atoms with Gasteiger partial charge in [0, 0.05) is 18.8 Å². The van der Waals surface area contributed by atoms with E-state index >= 15 is 0 Å². The Hall–Kier alpha value is -0.990. The number of hydrogen-bond acceptors (Lipinski definition) is 4. The van der Waals surface area contributed by atoms with E-state index in [-0.39, 0.29) is 0 Å². The molecule has 2 rings (SSSR count). The molecule has 1 aliphatic heterocycles. The summed E-state index contributed by atoms with van der Waals surface area (Å²) in [5.41, 5.74) is 0. The Morgan fingerprint density at radius 3 is 2.59 bits per heavy atom. The molecule has 1 aromatic carbocycles. The van der Waals surface area contributed by atoms with Crippen molar-refractivity contribution in [1.82, 2.24) is 0 Å². The third kappa shape index (κ3) is 1.85. The van der Waals surface area contributed by atoms with Crippen LogP contribution in [0.5, 0.6) is 0 Å². The summed E-state index contributed by atoms with van der Waals surface area (Å²) >= 11 is 0. The van der Waals surface area contributed by atoms with Crippen LogP contribution in [-0.4, -0.2) is 18.9 Å². The van der Waals surface area contributed by atoms with Crippen molar-refractivity contribution in [2.45, 2.75) is 25.0 Å². The van der Waals surface area contributed by atoms with Gasteiger partial charge in [-0.05, 0) is 18.6 Å². The van der Waals surface area contributed by atoms with Gasteiger partial charge in [0.1, 0.15) is 0 Å². The lowest BCUT2D eigenvalue weighted by Gasteiger charge is -2.31. The highest BCUT2D eigenvalue weighted by Crippen LogP contribution is 2.62. The van der Waals surface area contributed by atoms with E-state index in [2.05, 4.69) is 10.2 Å². The van der Waals surface area contributed by atoms with Crippen molar-refractivity contribution in [2.75, 3.05) is 13.7 Å². The smallest absolute Gasteiger partial charge is 0.260 e. The first kappa shape index (κ1) is 12.5. The monoisotopic (exact) mass is 252 g/mol. The van der Waals surface area contributed by atoms with E-state index in [9.17, 15) is 4.57 Å². The van der Waals surface area contributed by atoms with E-state index in [0.717, 1.165) is 5.30 Å². The minimum absolute atomic E-state index is 0.633. The quantitative estimate of drug-likeness (QED) is 0.772. The maximum atomic E-state index is 13.2. The SMILES string of the molecule is CCC1(P(=O)(OC)c2ccccc2)CCN=N1. The summed E-state index contributed by atoms with van der Waals surface area (Å²) in [6.07, 6.45) is 1.38. The normalized spacial score (nSPS) is 26.9. The van der Waals surface area contributed by atoms with Crippen LogP contribution in [0.1, 0.15) is 19.8 Å². The third-order valence-corrected chi connectivity index (χ3v) is 6.55. The molecule has 2 atom stereocenters. The molecule has 0 bridgehead atoms. The van der Waals surface area contributed by atoms with Gasteiger partial charge in [0.15, 0.2) is 5.28 Å². The number of azo groups is 1. The average Bonchev–Trinajstić information content (AvgIpc) is 2.89. The molecule has 0 N–H and O–H groups in total. The molecule has 0 saturated carbocycles. The van der Waals surface area contributed by atoms with Gasteiger partial charge in [-0.1, -0.05) is 25.1 Å². The summed E-state index contributed by atoms with van der Waals surface area (Å²) in [5.74, 6) is 0. The Morgan fingerprint density at radius 2 is 2.12 bits per heavy atom. The molecule has 0 saturated heterocycles. The van der Waals surface area contributed by atoms with Crippen LogP contribution in [0.2, 0.25) is 0 Å². The van der Waals surface area contributed by atoms with Gasteiger partial charge >= 0.3 is 0 Å². The fourth-order valence-corrected chi connectivity index (χ4v) is 4.85. The first-order valence-corrected chi connectivity index (χ1v) is 7.41. The molecule has 0 spiro atoms. The van der Waals surface area contributed by atoms with E-state index in [4.69, 9.17) is 4.52 Å². The lowest BCUT2D eigenvalue weighted by atomic mass is 10.2. The van der Waals surface area contributed by atoms with Gasteiger partial charge < -0.3 is 4.52 Å². The van der Waals surface area contributed by atoms with Crippen molar-refractivity contribution in [3.05, 3.63) is 30.3 Å². The number of nitrogens with zero attached hydrogens (tertiary/aromatic N) is 2. The minimum atomic E-state index is -2.99.